The molecule has 11 nitrogen and oxygen atoms in total. The summed E-state index contributed by atoms with van der Waals surface area (Å²) < 4.78 is 0. The second-order valence-corrected chi connectivity index (χ2v) is 13.7. The summed E-state index contributed by atoms with van der Waals surface area (Å²) in [5, 5.41) is 11.3. The van der Waals surface area contributed by atoms with E-state index in [1.54, 1.807) is 20.8 Å². The molecule has 0 spiro atoms. The van der Waals surface area contributed by atoms with Gasteiger partial charge in [0.25, 0.3) is 11.8 Å². The first-order valence-electron chi connectivity index (χ1n) is 16.1. The van der Waals surface area contributed by atoms with Crippen LogP contribution in [0.4, 0.5) is 5.69 Å². The van der Waals surface area contributed by atoms with Crippen molar-refractivity contribution in [2.24, 2.45) is 11.3 Å². The SMILES string of the molecule is CCC[C@@H](C(=O)N[C@@H](C[C@@H]1CCCNC1=O)C(=O)C(=O)NC1CC1)N1C(=O)[C@H](NC(=O)C(C)(C)C)C2CCc3cccc1c32. The minimum absolute atomic E-state index is 0.00560. The molecule has 5 amide bonds. The van der Waals surface area contributed by atoms with E-state index in [1.807, 2.05) is 25.1 Å². The van der Waals surface area contributed by atoms with Gasteiger partial charge in [0.15, 0.2) is 0 Å². The number of amides is 5. The van der Waals surface area contributed by atoms with E-state index in [9.17, 15) is 28.8 Å². The number of ketones is 1. The Hall–Kier alpha value is -3.76. The monoisotopic (exact) mass is 607 g/mol. The number of nitrogens with one attached hydrogen (secondary N) is 4. The Morgan fingerprint density at radius 3 is 2.45 bits per heavy atom. The lowest BCUT2D eigenvalue weighted by Gasteiger charge is -2.42. The van der Waals surface area contributed by atoms with Gasteiger partial charge in [-0.3, -0.25) is 33.7 Å². The van der Waals surface area contributed by atoms with Crippen LogP contribution in [0, 0.1) is 11.3 Å². The molecule has 4 N–H and O–H groups in total. The van der Waals surface area contributed by atoms with Crippen LogP contribution in [0.25, 0.3) is 0 Å². The van der Waals surface area contributed by atoms with Gasteiger partial charge in [0, 0.05) is 35.5 Å². The van der Waals surface area contributed by atoms with E-state index in [0.717, 1.165) is 36.8 Å². The first-order valence-corrected chi connectivity index (χ1v) is 16.1. The van der Waals surface area contributed by atoms with Crippen molar-refractivity contribution in [1.29, 1.82) is 0 Å². The number of piperidine rings is 1. The predicted molar refractivity (Wildman–Crippen MR) is 164 cm³/mol. The van der Waals surface area contributed by atoms with Crippen molar-refractivity contribution in [3.63, 3.8) is 0 Å². The predicted octanol–water partition coefficient (Wildman–Crippen LogP) is 2.01. The largest absolute Gasteiger partial charge is 0.356 e. The lowest BCUT2D eigenvalue weighted by molar-refractivity contribution is -0.141. The van der Waals surface area contributed by atoms with E-state index in [2.05, 4.69) is 21.3 Å². The number of benzene rings is 1. The second kappa shape index (κ2) is 12.7. The minimum Gasteiger partial charge on any atom is -0.356 e. The maximum absolute atomic E-state index is 14.3. The summed E-state index contributed by atoms with van der Waals surface area (Å²) in [6.45, 7) is 7.82. The number of Topliss-reactive ketones (excluding diaryl/α,β-unsaturated/α-hetero) is 1. The fourth-order valence-corrected chi connectivity index (χ4v) is 6.66. The Morgan fingerprint density at radius 2 is 1.80 bits per heavy atom. The topological polar surface area (TPSA) is 154 Å². The van der Waals surface area contributed by atoms with Crippen molar-refractivity contribution in [2.45, 2.75) is 116 Å². The quantitative estimate of drug-likeness (QED) is 0.282. The van der Waals surface area contributed by atoms with Gasteiger partial charge in [0.1, 0.15) is 12.1 Å². The molecule has 2 aliphatic carbocycles. The Bertz CT molecular complexity index is 1350. The molecule has 0 radical (unpaired) electrons. The molecule has 1 saturated carbocycles. The Labute approximate surface area is 258 Å². The molecular weight excluding hydrogens is 562 g/mol. The molecule has 1 aromatic rings. The van der Waals surface area contributed by atoms with Gasteiger partial charge in [-0.2, -0.15) is 0 Å². The fraction of sp³-hybridized carbons (Fsp3) is 0.636. The van der Waals surface area contributed by atoms with Crippen LogP contribution in [0.2, 0.25) is 0 Å². The summed E-state index contributed by atoms with van der Waals surface area (Å²) in [6.07, 6.45) is 5.20. The van der Waals surface area contributed by atoms with Gasteiger partial charge >= 0.3 is 0 Å². The molecule has 5 atom stereocenters. The van der Waals surface area contributed by atoms with Gasteiger partial charge in [-0.25, -0.2) is 0 Å². The smallest absolute Gasteiger partial charge is 0.289 e. The molecule has 5 rings (SSSR count). The zero-order valence-corrected chi connectivity index (χ0v) is 26.2. The van der Waals surface area contributed by atoms with Crippen molar-refractivity contribution in [2.75, 3.05) is 11.4 Å². The molecule has 1 unspecified atom stereocenters. The first-order chi connectivity index (χ1) is 20.9. The number of hydrogen-bond acceptors (Lipinski definition) is 6. The number of hydrogen-bond donors (Lipinski definition) is 4. The average molecular weight is 608 g/mol. The van der Waals surface area contributed by atoms with Crippen LogP contribution in [0.3, 0.4) is 0 Å². The van der Waals surface area contributed by atoms with Crippen LogP contribution >= 0.6 is 0 Å². The Kier molecular flexibility index (Phi) is 9.13. The third kappa shape index (κ3) is 6.51. The van der Waals surface area contributed by atoms with Crippen molar-refractivity contribution >= 4 is 41.0 Å². The fourth-order valence-electron chi connectivity index (χ4n) is 6.66. The molecule has 2 fully saturated rings. The average Bonchev–Trinajstić information content (AvgIpc) is 3.69. The van der Waals surface area contributed by atoms with Crippen LogP contribution in [-0.2, 0) is 35.2 Å². The van der Waals surface area contributed by atoms with Gasteiger partial charge in [-0.1, -0.05) is 46.2 Å². The third-order valence-electron chi connectivity index (χ3n) is 9.27. The van der Waals surface area contributed by atoms with E-state index in [0.29, 0.717) is 37.9 Å². The number of carbonyl (C=O) groups is 6. The molecule has 1 saturated heterocycles. The standard InChI is InChI=1S/C33H45N5O6/c1-5-8-24(29(41)36-22(17-19-10-7-16-34-28(19)40)27(39)30(42)35-20-13-14-20)38-23-11-6-9-18-12-15-21(25(18)23)26(31(38)43)37-32(44)33(2,3)4/h6,9,11,19-22,24,26H,5,7-8,10,12-17H2,1-4H3,(H,34,40)(H,35,42)(H,36,41)(H,37,44)/t19-,21?,22-,24-,26+/m0/s1. The van der Waals surface area contributed by atoms with Crippen LogP contribution < -0.4 is 26.2 Å². The molecular formula is C33H45N5O6. The molecule has 1 aromatic carbocycles. The van der Waals surface area contributed by atoms with Gasteiger partial charge in [-0.05, 0) is 68.6 Å². The van der Waals surface area contributed by atoms with Gasteiger partial charge in [0.05, 0.1) is 6.04 Å². The van der Waals surface area contributed by atoms with Gasteiger partial charge in [0.2, 0.25) is 23.5 Å². The number of carbonyl (C=O) groups excluding carboxylic acids is 6. The number of rotatable bonds is 11. The maximum Gasteiger partial charge on any atom is 0.289 e. The van der Waals surface area contributed by atoms with E-state index in [-0.39, 0.29) is 36.1 Å². The molecule has 238 valence electrons. The number of aryl methyl sites for hydroxylation is 1. The highest BCUT2D eigenvalue weighted by molar-refractivity contribution is 6.38. The molecule has 11 heteroatoms. The molecule has 0 aromatic heterocycles. The molecule has 44 heavy (non-hydrogen) atoms. The first kappa shape index (κ1) is 31.7. The number of nitrogens with zero attached hydrogens (tertiary/aromatic N) is 1. The summed E-state index contributed by atoms with van der Waals surface area (Å²) in [6, 6.07) is 2.64. The van der Waals surface area contributed by atoms with E-state index < -0.39 is 47.1 Å². The van der Waals surface area contributed by atoms with Crippen LogP contribution in [0.5, 0.6) is 0 Å². The lowest BCUT2D eigenvalue weighted by atomic mass is 9.84. The molecule has 2 heterocycles. The highest BCUT2D eigenvalue weighted by atomic mass is 16.2. The van der Waals surface area contributed by atoms with Crippen molar-refractivity contribution in [3.05, 3.63) is 29.3 Å². The van der Waals surface area contributed by atoms with E-state index >= 15 is 0 Å². The molecule has 0 bridgehead atoms. The van der Waals surface area contributed by atoms with Crippen LogP contribution in [-0.4, -0.2) is 66.0 Å². The summed E-state index contributed by atoms with van der Waals surface area (Å²) >= 11 is 0. The third-order valence-corrected chi connectivity index (χ3v) is 9.27. The maximum atomic E-state index is 14.3. The summed E-state index contributed by atoms with van der Waals surface area (Å²) in [7, 11) is 0. The van der Waals surface area contributed by atoms with E-state index in [1.165, 1.54) is 4.90 Å². The summed E-state index contributed by atoms with van der Waals surface area (Å²) in [4.78, 5) is 82.0. The normalized spacial score (nSPS) is 24.1. The highest BCUT2D eigenvalue weighted by Gasteiger charge is 2.49. The second-order valence-electron chi connectivity index (χ2n) is 13.7. The highest BCUT2D eigenvalue weighted by Crippen LogP contribution is 2.46. The zero-order chi connectivity index (χ0) is 31.8. The van der Waals surface area contributed by atoms with Crippen molar-refractivity contribution in [3.8, 4) is 0 Å². The van der Waals surface area contributed by atoms with Crippen LogP contribution in [0.1, 0.15) is 96.1 Å². The van der Waals surface area contributed by atoms with Crippen LogP contribution in [0.15, 0.2) is 18.2 Å². The Balaban J connectivity index is 1.46. The zero-order valence-electron chi connectivity index (χ0n) is 26.2. The summed E-state index contributed by atoms with van der Waals surface area (Å²) in [5.74, 6) is -3.68. The van der Waals surface area contributed by atoms with Crippen molar-refractivity contribution in [1.82, 2.24) is 21.3 Å². The number of anilines is 1. The molecule has 2 aliphatic heterocycles. The minimum atomic E-state index is -1.22. The molecule has 4 aliphatic rings. The summed E-state index contributed by atoms with van der Waals surface area (Å²) in [5.41, 5.74) is 1.98. The van der Waals surface area contributed by atoms with Gasteiger partial charge in [-0.15, -0.1) is 0 Å². The Morgan fingerprint density at radius 1 is 1.05 bits per heavy atom. The van der Waals surface area contributed by atoms with E-state index in [4.69, 9.17) is 0 Å². The van der Waals surface area contributed by atoms with Gasteiger partial charge < -0.3 is 21.3 Å². The lowest BCUT2D eigenvalue weighted by Crippen LogP contribution is -2.62. The van der Waals surface area contributed by atoms with Crippen molar-refractivity contribution < 1.29 is 28.8 Å².